The van der Waals surface area contributed by atoms with Gasteiger partial charge < -0.3 is 10.5 Å². The Morgan fingerprint density at radius 1 is 1.13 bits per heavy atom. The van der Waals surface area contributed by atoms with Gasteiger partial charge in [-0.1, -0.05) is 52.2 Å². The molecule has 10 heteroatoms. The number of anilines is 2. The molecule has 0 radical (unpaired) electrons. The number of ketones is 1. The molecule has 3 rings (SSSR count). The molecule has 30 heavy (non-hydrogen) atoms. The number of hydrogen-bond acceptors (Lipinski definition) is 6. The molecular formula is C20H16Cl3N3O3S. The predicted octanol–water partition coefficient (Wildman–Crippen LogP) is 5.56. The molecule has 1 heterocycles. The third kappa shape index (κ3) is 4.94. The van der Waals surface area contributed by atoms with Crippen LogP contribution in [0.3, 0.4) is 0 Å². The molecule has 0 unspecified atom stereocenters. The van der Waals surface area contributed by atoms with Crippen molar-refractivity contribution in [2.45, 2.75) is 6.92 Å². The van der Waals surface area contributed by atoms with Crippen LogP contribution in [-0.2, 0) is 4.74 Å². The first-order valence-corrected chi connectivity index (χ1v) is 10.7. The second-order valence-electron chi connectivity index (χ2n) is 6.03. The molecule has 6 nitrogen and oxygen atoms in total. The smallest absolute Gasteiger partial charge is 0.262 e. The van der Waals surface area contributed by atoms with Gasteiger partial charge in [0.2, 0.25) is 5.78 Å². The van der Waals surface area contributed by atoms with Gasteiger partial charge in [0.25, 0.3) is 5.91 Å². The molecule has 1 aromatic heterocycles. The fourth-order valence-corrected chi connectivity index (χ4v) is 4.16. The van der Waals surface area contributed by atoms with Crippen molar-refractivity contribution in [1.82, 2.24) is 4.98 Å². The summed E-state index contributed by atoms with van der Waals surface area (Å²) in [4.78, 5) is 31.7. The van der Waals surface area contributed by atoms with Crippen LogP contribution in [0.5, 0.6) is 0 Å². The highest BCUT2D eigenvalue weighted by atomic mass is 35.5. The number of halogens is 3. The fraction of sp³-hybridized carbons (Fsp3) is 0.150. The van der Waals surface area contributed by atoms with Crippen molar-refractivity contribution in [2.24, 2.45) is 0 Å². The van der Waals surface area contributed by atoms with Gasteiger partial charge in [-0.3, -0.25) is 14.5 Å². The lowest BCUT2D eigenvalue weighted by molar-refractivity contribution is 0.0901. The van der Waals surface area contributed by atoms with Crippen LogP contribution in [0, 0.1) is 0 Å². The lowest BCUT2D eigenvalue weighted by atomic mass is 10.1. The summed E-state index contributed by atoms with van der Waals surface area (Å²) >= 11 is 19.0. The number of aromatic nitrogens is 1. The lowest BCUT2D eigenvalue weighted by Gasteiger charge is -2.19. The Labute approximate surface area is 192 Å². The molecule has 0 spiro atoms. The fourth-order valence-electron chi connectivity index (χ4n) is 2.55. The van der Waals surface area contributed by atoms with Gasteiger partial charge in [-0.05, 0) is 43.3 Å². The number of ether oxygens (including phenoxy) is 1. The highest BCUT2D eigenvalue weighted by Gasteiger charge is 2.26. The van der Waals surface area contributed by atoms with Gasteiger partial charge in [0.1, 0.15) is 17.4 Å². The summed E-state index contributed by atoms with van der Waals surface area (Å²) in [5.41, 5.74) is 6.59. The second kappa shape index (κ2) is 9.76. The molecule has 0 bridgehead atoms. The Morgan fingerprint density at radius 3 is 2.53 bits per heavy atom. The molecule has 0 aliphatic rings. The van der Waals surface area contributed by atoms with Crippen molar-refractivity contribution in [3.05, 3.63) is 73.5 Å². The molecule has 0 aliphatic carbocycles. The maximum absolute atomic E-state index is 13.0. The van der Waals surface area contributed by atoms with Crippen molar-refractivity contribution in [2.75, 3.05) is 24.0 Å². The molecule has 156 valence electrons. The quantitative estimate of drug-likeness (QED) is 0.351. The highest BCUT2D eigenvalue weighted by Crippen LogP contribution is 2.33. The number of rotatable bonds is 7. The van der Waals surface area contributed by atoms with E-state index in [1.165, 1.54) is 17.0 Å². The Balaban J connectivity index is 1.97. The Kier molecular flexibility index (Phi) is 7.33. The summed E-state index contributed by atoms with van der Waals surface area (Å²) in [6.45, 7) is 2.12. The van der Waals surface area contributed by atoms with Crippen LogP contribution >= 0.6 is 46.1 Å². The van der Waals surface area contributed by atoms with Crippen LogP contribution < -0.4 is 10.6 Å². The zero-order valence-electron chi connectivity index (χ0n) is 15.7. The van der Waals surface area contributed by atoms with E-state index < -0.39 is 5.78 Å². The molecule has 0 aliphatic heterocycles. The topological polar surface area (TPSA) is 85.5 Å². The predicted molar refractivity (Wildman–Crippen MR) is 121 cm³/mol. The maximum Gasteiger partial charge on any atom is 0.262 e. The van der Waals surface area contributed by atoms with E-state index in [1.54, 1.807) is 37.3 Å². The van der Waals surface area contributed by atoms with E-state index in [0.717, 1.165) is 11.3 Å². The Morgan fingerprint density at radius 2 is 1.87 bits per heavy atom. The average Bonchev–Trinajstić information content (AvgIpc) is 3.09. The minimum atomic E-state index is -0.413. The summed E-state index contributed by atoms with van der Waals surface area (Å²) in [5, 5.41) is 1.25. The second-order valence-corrected chi connectivity index (χ2v) is 8.29. The van der Waals surface area contributed by atoms with Crippen molar-refractivity contribution in [3.8, 4) is 0 Å². The zero-order valence-corrected chi connectivity index (χ0v) is 18.8. The number of carbonyl (C=O) groups excluding carboxylic acids is 2. The van der Waals surface area contributed by atoms with Gasteiger partial charge in [-0.15, -0.1) is 0 Å². The van der Waals surface area contributed by atoms with E-state index in [0.29, 0.717) is 22.2 Å². The molecular weight excluding hydrogens is 469 g/mol. The number of amides is 1. The summed E-state index contributed by atoms with van der Waals surface area (Å²) in [7, 11) is 0. The highest BCUT2D eigenvalue weighted by molar-refractivity contribution is 7.18. The molecule has 0 saturated heterocycles. The summed E-state index contributed by atoms with van der Waals surface area (Å²) in [6.07, 6.45) is 0. The van der Waals surface area contributed by atoms with Crippen molar-refractivity contribution in [3.63, 3.8) is 0 Å². The van der Waals surface area contributed by atoms with Gasteiger partial charge in [0.05, 0.1) is 5.02 Å². The number of nitrogens with two attached hydrogens (primary N) is 1. The largest absolute Gasteiger partial charge is 0.382 e. The van der Waals surface area contributed by atoms with Crippen LogP contribution in [0.2, 0.25) is 15.1 Å². The third-order valence-electron chi connectivity index (χ3n) is 4.00. The SMILES string of the molecule is CCOCN(C(=O)c1cccc(Cl)c1)c1nc(N)c(C(=O)c2ccc(Cl)cc2Cl)s1. The minimum absolute atomic E-state index is 0.00795. The number of thiazole rings is 1. The number of hydrogen-bond donors (Lipinski definition) is 1. The first-order chi connectivity index (χ1) is 14.3. The Hall–Kier alpha value is -2.16. The van der Waals surface area contributed by atoms with E-state index in [2.05, 4.69) is 4.98 Å². The third-order valence-corrected chi connectivity index (χ3v) is 5.87. The van der Waals surface area contributed by atoms with Crippen molar-refractivity contribution < 1.29 is 14.3 Å². The summed E-state index contributed by atoms with van der Waals surface area (Å²) in [5.74, 6) is -0.806. The van der Waals surface area contributed by atoms with E-state index in [1.807, 2.05) is 0 Å². The van der Waals surface area contributed by atoms with E-state index in [4.69, 9.17) is 45.3 Å². The number of carbonyl (C=O) groups is 2. The average molecular weight is 485 g/mol. The van der Waals surface area contributed by atoms with Crippen molar-refractivity contribution in [1.29, 1.82) is 0 Å². The minimum Gasteiger partial charge on any atom is -0.382 e. The van der Waals surface area contributed by atoms with Gasteiger partial charge in [0.15, 0.2) is 5.13 Å². The van der Waals surface area contributed by atoms with Gasteiger partial charge in [-0.25, -0.2) is 4.98 Å². The molecule has 1 amide bonds. The number of benzene rings is 2. The van der Waals surface area contributed by atoms with Crippen LogP contribution in [0.25, 0.3) is 0 Å². The van der Waals surface area contributed by atoms with Crippen LogP contribution in [-0.4, -0.2) is 30.0 Å². The van der Waals surface area contributed by atoms with Gasteiger partial charge in [-0.2, -0.15) is 0 Å². The molecule has 0 fully saturated rings. The molecule has 0 atom stereocenters. The maximum atomic E-state index is 13.0. The first-order valence-electron chi connectivity index (χ1n) is 8.73. The molecule has 2 N–H and O–H groups in total. The number of nitrogens with zero attached hydrogens (tertiary/aromatic N) is 2. The molecule has 0 saturated carbocycles. The van der Waals surface area contributed by atoms with Gasteiger partial charge >= 0.3 is 0 Å². The number of nitrogen functional groups attached to an aromatic ring is 1. The monoisotopic (exact) mass is 483 g/mol. The zero-order chi connectivity index (χ0) is 21.8. The molecule has 3 aromatic rings. The van der Waals surface area contributed by atoms with Gasteiger partial charge in [0, 0.05) is 27.8 Å². The van der Waals surface area contributed by atoms with Crippen LogP contribution in [0.4, 0.5) is 10.9 Å². The van der Waals surface area contributed by atoms with E-state index >= 15 is 0 Å². The van der Waals surface area contributed by atoms with Crippen molar-refractivity contribution >= 4 is 68.8 Å². The van der Waals surface area contributed by atoms with Crippen LogP contribution in [0.1, 0.15) is 32.5 Å². The normalized spacial score (nSPS) is 10.8. The van der Waals surface area contributed by atoms with E-state index in [-0.39, 0.29) is 39.1 Å². The van der Waals surface area contributed by atoms with Crippen LogP contribution in [0.15, 0.2) is 42.5 Å². The molecule has 2 aromatic carbocycles. The summed E-state index contributed by atoms with van der Waals surface area (Å²) < 4.78 is 5.43. The Bertz CT molecular complexity index is 1100. The first kappa shape index (κ1) is 22.5. The van der Waals surface area contributed by atoms with E-state index in [9.17, 15) is 9.59 Å². The summed E-state index contributed by atoms with van der Waals surface area (Å²) in [6, 6.07) is 11.0. The standard InChI is InChI=1S/C20H16Cl3N3O3S/c1-2-29-10-26(19(28)11-4-3-5-12(21)8-11)20-25-18(24)17(30-20)16(27)14-7-6-13(22)9-15(14)23/h3-9H,2,10,24H2,1H3. The lowest BCUT2D eigenvalue weighted by Crippen LogP contribution is -2.33.